The topological polar surface area (TPSA) is 233 Å². The molecule has 0 radical (unpaired) electrons. The molecule has 0 unspecified atom stereocenters. The van der Waals surface area contributed by atoms with Gasteiger partial charge in [-0.05, 0) is 84.6 Å². The third-order valence-corrected chi connectivity index (χ3v) is 13.1. The van der Waals surface area contributed by atoms with Crippen molar-refractivity contribution in [1.29, 1.82) is 10.5 Å². The van der Waals surface area contributed by atoms with E-state index in [2.05, 4.69) is 26.8 Å². The summed E-state index contributed by atoms with van der Waals surface area (Å²) in [6, 6.07) is 9.92. The zero-order chi connectivity index (χ0) is 42.3. The Balaban J connectivity index is 0.000000266. The van der Waals surface area contributed by atoms with Gasteiger partial charge < -0.3 is 24.4 Å². The second-order valence-corrected chi connectivity index (χ2v) is 17.7. The fourth-order valence-corrected chi connectivity index (χ4v) is 8.85. The van der Waals surface area contributed by atoms with E-state index in [1.807, 2.05) is 9.80 Å². The highest BCUT2D eigenvalue weighted by atomic mass is 35.5. The van der Waals surface area contributed by atoms with Gasteiger partial charge in [-0.15, -0.1) is 11.3 Å². The first-order valence-electron chi connectivity index (χ1n) is 18.1. The quantitative estimate of drug-likeness (QED) is 0.244. The van der Waals surface area contributed by atoms with Crippen LogP contribution in [0.5, 0.6) is 0 Å². The van der Waals surface area contributed by atoms with Crippen LogP contribution < -0.4 is 14.5 Å². The van der Waals surface area contributed by atoms with Gasteiger partial charge in [0.1, 0.15) is 28.0 Å². The summed E-state index contributed by atoms with van der Waals surface area (Å²) in [4.78, 5) is 60.9. The Hall–Kier alpha value is -5.30. The molecule has 2 fully saturated rings. The van der Waals surface area contributed by atoms with Gasteiger partial charge in [-0.2, -0.15) is 10.5 Å². The Morgan fingerprint density at radius 1 is 0.842 bits per heavy atom. The lowest BCUT2D eigenvalue weighted by atomic mass is 9.79. The molecule has 3 aromatic rings. The minimum absolute atomic E-state index is 0.0260. The summed E-state index contributed by atoms with van der Waals surface area (Å²) >= 11 is 6.69. The number of nitrogens with zero attached hydrogens (tertiary/aromatic N) is 6. The van der Waals surface area contributed by atoms with Crippen LogP contribution in [0.2, 0.25) is 4.34 Å². The number of rotatable bonds is 10. The fourth-order valence-electron chi connectivity index (χ4n) is 6.27. The Labute approximate surface area is 340 Å². The van der Waals surface area contributed by atoms with Crippen molar-refractivity contribution in [3.8, 4) is 12.1 Å². The molecule has 2 aliphatic heterocycles. The number of amides is 1. The largest absolute Gasteiger partial charge is 0.481 e. The minimum atomic E-state index is -4.00. The number of nitriles is 2. The van der Waals surface area contributed by atoms with Crippen molar-refractivity contribution >= 4 is 68.4 Å². The van der Waals surface area contributed by atoms with E-state index in [1.54, 1.807) is 41.5 Å². The summed E-state index contributed by atoms with van der Waals surface area (Å²) in [5, 5.41) is 28.3. The van der Waals surface area contributed by atoms with Crippen LogP contribution in [0, 0.1) is 47.3 Å². The van der Waals surface area contributed by atoms with Crippen molar-refractivity contribution in [1.82, 2.24) is 14.7 Å². The SMILES string of the molecule is CCOC(=O)c1cc(C#N)c(N2CCC(C)(C(=O)NS(=O)(=O)c3ccc(Cl)s3)CC2)nc1C.CCOC(=O)c1cc(C#N)c(N2CCC(C)(C(=O)O)CC2)nc1C. The number of nitrogens with one attached hydrogen (secondary N) is 1. The highest BCUT2D eigenvalue weighted by molar-refractivity contribution is 7.92. The van der Waals surface area contributed by atoms with Crippen molar-refractivity contribution in [2.24, 2.45) is 10.8 Å². The van der Waals surface area contributed by atoms with Crippen LogP contribution in [0.25, 0.3) is 0 Å². The zero-order valence-corrected chi connectivity index (χ0v) is 34.9. The van der Waals surface area contributed by atoms with Crippen LogP contribution in [-0.2, 0) is 29.1 Å². The van der Waals surface area contributed by atoms with E-state index in [0.29, 0.717) is 84.8 Å². The summed E-state index contributed by atoms with van der Waals surface area (Å²) < 4.78 is 37.5. The average molecular weight is 842 g/mol. The fraction of sp³-hybridized carbons (Fsp3) is 0.474. The Morgan fingerprint density at radius 2 is 1.26 bits per heavy atom. The van der Waals surface area contributed by atoms with Gasteiger partial charge in [0.15, 0.2) is 0 Å². The van der Waals surface area contributed by atoms with Gasteiger partial charge in [-0.3, -0.25) is 9.59 Å². The van der Waals surface area contributed by atoms with E-state index in [9.17, 15) is 43.2 Å². The summed E-state index contributed by atoms with van der Waals surface area (Å²) in [6.07, 6.45) is 1.66. The first kappa shape index (κ1) is 44.4. The molecule has 2 saturated heterocycles. The smallest absolute Gasteiger partial charge is 0.340 e. The van der Waals surface area contributed by atoms with E-state index in [-0.39, 0.29) is 34.1 Å². The van der Waals surface area contributed by atoms with Crippen LogP contribution in [0.4, 0.5) is 11.6 Å². The highest BCUT2D eigenvalue weighted by Crippen LogP contribution is 2.36. The van der Waals surface area contributed by atoms with Crippen LogP contribution in [-0.4, -0.2) is 86.7 Å². The molecule has 57 heavy (non-hydrogen) atoms. The number of hydrogen-bond donors (Lipinski definition) is 2. The standard InChI is InChI=1S/C21H23ClN4O5S2.C17H21N3O4/c1-4-31-19(27)15-11-14(12-23)18(24-13(15)2)26-9-7-21(3,8-10-26)20(28)25-33(29,30)17-6-5-16(22)32-17;1-4-24-15(21)13-9-12(10-18)14(19-11(13)2)20-7-5-17(3,6-8-20)16(22)23/h5-6,11H,4,7-10H2,1-3H3,(H,25,28);9H,4-8H2,1-3H3,(H,22,23). The number of ether oxygens (including phenoxy) is 2. The number of carbonyl (C=O) groups is 4. The summed E-state index contributed by atoms with van der Waals surface area (Å²) in [5.74, 6) is -1.51. The number of carbonyl (C=O) groups excluding carboxylic acids is 3. The number of thiophene rings is 1. The number of halogens is 1. The maximum Gasteiger partial charge on any atom is 0.340 e. The number of aromatic nitrogens is 2. The minimum Gasteiger partial charge on any atom is -0.481 e. The van der Waals surface area contributed by atoms with Crippen LogP contribution in [0.15, 0.2) is 28.5 Å². The zero-order valence-electron chi connectivity index (χ0n) is 32.5. The second kappa shape index (κ2) is 18.3. The van der Waals surface area contributed by atoms with E-state index in [4.69, 9.17) is 21.1 Å². The maximum absolute atomic E-state index is 12.9. The summed E-state index contributed by atoms with van der Waals surface area (Å²) in [7, 11) is -4.00. The number of sulfonamides is 1. The molecule has 0 saturated carbocycles. The van der Waals surface area contributed by atoms with Crippen LogP contribution in [0.1, 0.15) is 96.6 Å². The lowest BCUT2D eigenvalue weighted by Gasteiger charge is -2.39. The molecule has 0 aromatic carbocycles. The molecule has 0 atom stereocenters. The van der Waals surface area contributed by atoms with Gasteiger partial charge in [0.2, 0.25) is 5.91 Å². The number of pyridine rings is 2. The molecule has 5 rings (SSSR count). The van der Waals surface area contributed by atoms with Crippen molar-refractivity contribution in [2.45, 2.75) is 71.4 Å². The van der Waals surface area contributed by atoms with E-state index in [0.717, 1.165) is 11.3 Å². The predicted molar refractivity (Wildman–Crippen MR) is 211 cm³/mol. The second-order valence-electron chi connectivity index (χ2n) is 14.0. The summed E-state index contributed by atoms with van der Waals surface area (Å²) in [6.45, 7) is 12.5. The molecule has 2 N–H and O–H groups in total. The number of aryl methyl sites for hydroxylation is 2. The molecule has 2 aliphatic rings. The van der Waals surface area contributed by atoms with Gasteiger partial charge in [0.05, 0.1) is 62.0 Å². The number of anilines is 2. The summed E-state index contributed by atoms with van der Waals surface area (Å²) in [5.41, 5.74) is 0.307. The van der Waals surface area contributed by atoms with Gasteiger partial charge in [-0.1, -0.05) is 18.5 Å². The number of piperidine rings is 2. The highest BCUT2D eigenvalue weighted by Gasteiger charge is 2.40. The monoisotopic (exact) mass is 841 g/mol. The number of carboxylic acid groups (broad SMARTS) is 1. The van der Waals surface area contributed by atoms with Gasteiger partial charge in [0, 0.05) is 26.2 Å². The molecule has 0 aliphatic carbocycles. The van der Waals surface area contributed by atoms with E-state index < -0.39 is 44.7 Å². The lowest BCUT2D eigenvalue weighted by Crippen LogP contribution is -2.49. The van der Waals surface area contributed by atoms with E-state index in [1.165, 1.54) is 24.3 Å². The normalized spacial score (nSPS) is 15.9. The molecule has 16 nitrogen and oxygen atoms in total. The van der Waals surface area contributed by atoms with Gasteiger partial charge in [0.25, 0.3) is 10.0 Å². The molecule has 3 aromatic heterocycles. The first-order valence-corrected chi connectivity index (χ1v) is 20.7. The van der Waals surface area contributed by atoms with Crippen molar-refractivity contribution in [2.75, 3.05) is 49.2 Å². The van der Waals surface area contributed by atoms with Crippen LogP contribution in [0.3, 0.4) is 0 Å². The van der Waals surface area contributed by atoms with Crippen molar-refractivity contribution in [3.05, 3.63) is 62.2 Å². The predicted octanol–water partition coefficient (Wildman–Crippen LogP) is 5.39. The third-order valence-electron chi connectivity index (χ3n) is 10.1. The van der Waals surface area contributed by atoms with Gasteiger partial charge >= 0.3 is 17.9 Å². The third kappa shape index (κ3) is 10.2. The number of esters is 2. The van der Waals surface area contributed by atoms with Crippen molar-refractivity contribution in [3.63, 3.8) is 0 Å². The van der Waals surface area contributed by atoms with Crippen LogP contribution >= 0.6 is 22.9 Å². The maximum atomic E-state index is 12.9. The number of hydrogen-bond acceptors (Lipinski definition) is 15. The molecule has 1 amide bonds. The molecule has 5 heterocycles. The Bertz CT molecular complexity index is 2230. The molecule has 0 spiro atoms. The molecule has 0 bridgehead atoms. The number of aliphatic carboxylic acids is 1. The molecule has 304 valence electrons. The lowest BCUT2D eigenvalue weighted by molar-refractivity contribution is -0.149. The Morgan fingerprint density at radius 3 is 1.61 bits per heavy atom. The van der Waals surface area contributed by atoms with E-state index >= 15 is 0 Å². The molecular formula is C38H44ClN7O9S2. The Kier molecular flexibility index (Phi) is 14.3. The average Bonchev–Trinajstić information content (AvgIpc) is 3.62. The number of carboxylic acids is 1. The van der Waals surface area contributed by atoms with Crippen molar-refractivity contribution < 1.29 is 42.2 Å². The molecular weight excluding hydrogens is 798 g/mol. The molecule has 19 heteroatoms. The van der Waals surface area contributed by atoms with Gasteiger partial charge in [-0.25, -0.2) is 32.7 Å². The first-order chi connectivity index (χ1) is 26.8.